The average Bonchev–Trinajstić information content (AvgIpc) is 3.09. The molecule has 3 heterocycles. The summed E-state index contributed by atoms with van der Waals surface area (Å²) in [6, 6.07) is -0.718. The van der Waals surface area contributed by atoms with Crippen molar-refractivity contribution in [2.24, 2.45) is 0 Å². The molecule has 2 atom stereocenters. The highest BCUT2D eigenvalue weighted by Crippen LogP contribution is 2.42. The largest absolute Gasteiger partial charge is 0.477 e. The lowest BCUT2D eigenvalue weighted by Gasteiger charge is -2.33. The predicted molar refractivity (Wildman–Crippen MR) is 114 cm³/mol. The number of carbonyl (C=O) groups excluding carboxylic acids is 1. The first-order chi connectivity index (χ1) is 14.6. The molecule has 0 saturated carbocycles. The van der Waals surface area contributed by atoms with Crippen LogP contribution in [0.4, 0.5) is 20.2 Å². The molecule has 8 nitrogen and oxygen atoms in total. The number of thioether (sulfide) groups is 1. The van der Waals surface area contributed by atoms with Gasteiger partial charge in [0.1, 0.15) is 11.3 Å². The summed E-state index contributed by atoms with van der Waals surface area (Å²) in [5, 5.41) is 12.0. The number of carboxylic acid groups (broad SMARTS) is 1. The first-order valence-electron chi connectivity index (χ1n) is 9.90. The van der Waals surface area contributed by atoms with Crippen molar-refractivity contribution in [3.63, 3.8) is 0 Å². The van der Waals surface area contributed by atoms with Crippen LogP contribution in [0.15, 0.2) is 9.82 Å². The lowest BCUT2D eigenvalue weighted by molar-refractivity contribution is -0.129. The van der Waals surface area contributed by atoms with Gasteiger partial charge in [0.05, 0.1) is 21.6 Å². The number of carbonyl (C=O) groups is 2. The molecule has 2 aliphatic heterocycles. The number of anilines is 2. The van der Waals surface area contributed by atoms with Crippen LogP contribution >= 0.6 is 11.8 Å². The van der Waals surface area contributed by atoms with Crippen molar-refractivity contribution in [1.29, 1.82) is 0 Å². The number of carboxylic acids is 1. The molecule has 0 aliphatic carbocycles. The Morgan fingerprint density at radius 1 is 1.29 bits per heavy atom. The van der Waals surface area contributed by atoms with Crippen LogP contribution in [0.3, 0.4) is 0 Å². The zero-order chi connectivity index (χ0) is 22.6. The second-order valence-corrected chi connectivity index (χ2v) is 8.94. The first kappa shape index (κ1) is 21.4. The fourth-order valence-corrected chi connectivity index (χ4v) is 5.62. The number of amides is 1. The number of hydrogen-bond acceptors (Lipinski definition) is 6. The van der Waals surface area contributed by atoms with E-state index in [4.69, 9.17) is 5.73 Å². The molecule has 4 rings (SSSR count). The van der Waals surface area contributed by atoms with Crippen LogP contribution in [0.25, 0.3) is 10.9 Å². The number of nitrogens with zero attached hydrogens (tertiary/aromatic N) is 2. The third-order valence-corrected chi connectivity index (χ3v) is 7.17. The van der Waals surface area contributed by atoms with Crippen molar-refractivity contribution in [3.05, 3.63) is 27.4 Å². The SMILES string of the molecule is CC(=O)N1CCC[C@H](Nc2c(F)c(N)c3c(=O)c(C(=O)O)c4n(c3c2F)[C@H](C)CS4)C1. The fourth-order valence-electron chi connectivity index (χ4n) is 4.33. The molecule has 4 N–H and O–H groups in total. The Bertz CT molecular complexity index is 1180. The van der Waals surface area contributed by atoms with Gasteiger partial charge in [-0.25, -0.2) is 13.6 Å². The van der Waals surface area contributed by atoms with Gasteiger partial charge in [-0.15, -0.1) is 11.8 Å². The lowest BCUT2D eigenvalue weighted by atomic mass is 10.0. The zero-order valence-electron chi connectivity index (χ0n) is 17.0. The summed E-state index contributed by atoms with van der Waals surface area (Å²) in [6.07, 6.45) is 1.27. The van der Waals surface area contributed by atoms with Crippen LogP contribution in [0.1, 0.15) is 43.1 Å². The van der Waals surface area contributed by atoms with Crippen LogP contribution in [0.5, 0.6) is 0 Å². The number of nitrogen functional groups attached to an aromatic ring is 1. The average molecular weight is 452 g/mol. The minimum atomic E-state index is -1.47. The summed E-state index contributed by atoms with van der Waals surface area (Å²) >= 11 is 1.14. The van der Waals surface area contributed by atoms with Crippen molar-refractivity contribution in [1.82, 2.24) is 9.47 Å². The minimum absolute atomic E-state index is 0.123. The number of likely N-dealkylation sites (tertiary alicyclic amines) is 1. The number of fused-ring (bicyclic) bond motifs is 3. The van der Waals surface area contributed by atoms with E-state index in [0.717, 1.165) is 11.8 Å². The highest BCUT2D eigenvalue weighted by Gasteiger charge is 2.34. The van der Waals surface area contributed by atoms with E-state index in [-0.39, 0.29) is 29.0 Å². The molecule has 0 unspecified atom stereocenters. The van der Waals surface area contributed by atoms with Gasteiger partial charge in [-0.1, -0.05) is 0 Å². The molecule has 1 amide bonds. The Kier molecular flexibility index (Phi) is 5.32. The Morgan fingerprint density at radius 2 is 2.00 bits per heavy atom. The number of piperidine rings is 1. The normalized spacial score (nSPS) is 20.7. The van der Waals surface area contributed by atoms with E-state index in [1.807, 2.05) is 0 Å². The van der Waals surface area contributed by atoms with E-state index in [9.17, 15) is 19.5 Å². The maximum absolute atomic E-state index is 15.7. The maximum atomic E-state index is 15.7. The van der Waals surface area contributed by atoms with Gasteiger partial charge in [-0.3, -0.25) is 9.59 Å². The highest BCUT2D eigenvalue weighted by atomic mass is 32.2. The molecule has 2 aliphatic rings. The van der Waals surface area contributed by atoms with E-state index in [2.05, 4.69) is 5.32 Å². The van der Waals surface area contributed by atoms with Crippen LogP contribution in [-0.4, -0.2) is 51.3 Å². The van der Waals surface area contributed by atoms with E-state index in [1.165, 1.54) is 11.5 Å². The van der Waals surface area contributed by atoms with Crippen molar-refractivity contribution in [2.75, 3.05) is 29.9 Å². The predicted octanol–water partition coefficient (Wildman–Crippen LogP) is 2.65. The zero-order valence-corrected chi connectivity index (χ0v) is 17.8. The number of nitrogens with two attached hydrogens (primary N) is 1. The molecule has 0 bridgehead atoms. The van der Waals surface area contributed by atoms with Gasteiger partial charge in [0, 0.05) is 37.8 Å². The molecular formula is C20H22F2N4O4S. The van der Waals surface area contributed by atoms with E-state index < -0.39 is 51.4 Å². The molecule has 0 radical (unpaired) electrons. The van der Waals surface area contributed by atoms with Gasteiger partial charge < -0.3 is 25.6 Å². The minimum Gasteiger partial charge on any atom is -0.477 e. The van der Waals surface area contributed by atoms with Crippen LogP contribution < -0.4 is 16.5 Å². The number of nitrogens with one attached hydrogen (secondary N) is 1. The summed E-state index contributed by atoms with van der Waals surface area (Å²) in [6.45, 7) is 4.06. The molecule has 11 heteroatoms. The number of hydrogen-bond donors (Lipinski definition) is 3. The number of aromatic carboxylic acids is 1. The lowest BCUT2D eigenvalue weighted by Crippen LogP contribution is -2.44. The van der Waals surface area contributed by atoms with E-state index in [1.54, 1.807) is 11.8 Å². The maximum Gasteiger partial charge on any atom is 0.342 e. The first-order valence-corrected chi connectivity index (χ1v) is 10.9. The quantitative estimate of drug-likeness (QED) is 0.613. The number of rotatable bonds is 3. The van der Waals surface area contributed by atoms with Crippen molar-refractivity contribution in [3.8, 4) is 0 Å². The van der Waals surface area contributed by atoms with Gasteiger partial charge in [0.2, 0.25) is 11.3 Å². The monoisotopic (exact) mass is 452 g/mol. The number of pyridine rings is 1. The molecule has 166 valence electrons. The third kappa shape index (κ3) is 3.31. The van der Waals surface area contributed by atoms with Crippen LogP contribution in [-0.2, 0) is 4.79 Å². The summed E-state index contributed by atoms with van der Waals surface area (Å²) < 4.78 is 32.3. The summed E-state index contributed by atoms with van der Waals surface area (Å²) in [4.78, 5) is 37.9. The van der Waals surface area contributed by atoms with Crippen LogP contribution in [0.2, 0.25) is 0 Å². The van der Waals surface area contributed by atoms with Crippen molar-refractivity contribution >= 4 is 45.9 Å². The summed E-state index contributed by atoms with van der Waals surface area (Å²) in [7, 11) is 0. The van der Waals surface area contributed by atoms with Gasteiger partial charge in [0.25, 0.3) is 0 Å². The Balaban J connectivity index is 1.93. The summed E-state index contributed by atoms with van der Waals surface area (Å²) in [5.74, 6) is -3.29. The molecule has 2 aromatic rings. The van der Waals surface area contributed by atoms with Gasteiger partial charge in [-0.05, 0) is 19.8 Å². The molecule has 1 aromatic carbocycles. The van der Waals surface area contributed by atoms with Gasteiger partial charge in [0.15, 0.2) is 11.6 Å². The number of halogens is 2. The standard InChI is InChI=1S/C20H22F2N4O4S/c1-8-7-31-19-12(20(29)30)18(28)11-15(23)13(21)16(14(22)17(11)26(8)19)24-10-4-3-5-25(6-10)9(2)27/h8,10,24H,3-7,23H2,1-2H3,(H,29,30)/t8-,10+/m1/s1. The smallest absolute Gasteiger partial charge is 0.342 e. The molecule has 31 heavy (non-hydrogen) atoms. The second kappa shape index (κ2) is 7.70. The Hall–Kier alpha value is -2.82. The highest BCUT2D eigenvalue weighted by molar-refractivity contribution is 7.99. The Morgan fingerprint density at radius 3 is 2.65 bits per heavy atom. The topological polar surface area (TPSA) is 118 Å². The molecule has 1 saturated heterocycles. The number of aromatic nitrogens is 1. The second-order valence-electron chi connectivity index (χ2n) is 7.93. The Labute approximate surface area is 180 Å². The summed E-state index contributed by atoms with van der Waals surface area (Å²) in [5.41, 5.74) is 3.12. The van der Waals surface area contributed by atoms with Gasteiger partial charge >= 0.3 is 5.97 Å². The fraction of sp³-hybridized carbons (Fsp3) is 0.450. The van der Waals surface area contributed by atoms with Gasteiger partial charge in [-0.2, -0.15) is 0 Å². The number of benzene rings is 1. The molecule has 1 fully saturated rings. The molecular weight excluding hydrogens is 430 g/mol. The van der Waals surface area contributed by atoms with E-state index in [0.29, 0.717) is 25.1 Å². The molecule has 1 aromatic heterocycles. The molecule has 0 spiro atoms. The van der Waals surface area contributed by atoms with Crippen LogP contribution in [0, 0.1) is 11.6 Å². The van der Waals surface area contributed by atoms with Crippen molar-refractivity contribution in [2.45, 2.75) is 43.8 Å². The van der Waals surface area contributed by atoms with Crippen molar-refractivity contribution < 1.29 is 23.5 Å². The third-order valence-electron chi connectivity index (χ3n) is 5.85. The van der Waals surface area contributed by atoms with E-state index >= 15 is 8.78 Å².